The van der Waals surface area contributed by atoms with E-state index in [1.54, 1.807) is 17.6 Å². The van der Waals surface area contributed by atoms with Crippen molar-refractivity contribution >= 4 is 33.4 Å². The predicted octanol–water partition coefficient (Wildman–Crippen LogP) is 3.41. The van der Waals surface area contributed by atoms with Crippen LogP contribution in [-0.4, -0.2) is 23.1 Å². The number of esters is 1. The van der Waals surface area contributed by atoms with E-state index in [-0.39, 0.29) is 24.1 Å². The zero-order valence-corrected chi connectivity index (χ0v) is 14.7. The molecule has 0 saturated carbocycles. The lowest BCUT2D eigenvalue weighted by Gasteiger charge is -2.05. The van der Waals surface area contributed by atoms with Crippen molar-refractivity contribution in [3.05, 3.63) is 28.8 Å². The van der Waals surface area contributed by atoms with E-state index in [0.717, 1.165) is 18.4 Å². The van der Waals surface area contributed by atoms with Crippen molar-refractivity contribution < 1.29 is 18.7 Å². The number of thiazole rings is 1. The number of hydrogen-bond acceptors (Lipinski definition) is 4. The fourth-order valence-electron chi connectivity index (χ4n) is 2.28. The average molecular weight is 352 g/mol. The zero-order valence-electron chi connectivity index (χ0n) is 13.9. The summed E-state index contributed by atoms with van der Waals surface area (Å²) in [6.45, 7) is 4.42. The largest absolute Gasteiger partial charge is 0.466 e. The first-order valence-electron chi connectivity index (χ1n) is 8.07. The van der Waals surface area contributed by atoms with E-state index in [2.05, 4.69) is 4.99 Å². The number of ether oxygens (including phenoxy) is 1. The molecule has 0 atom stereocenters. The molecular weight excluding hydrogens is 331 g/mol. The van der Waals surface area contributed by atoms with Gasteiger partial charge in [-0.2, -0.15) is 4.99 Å². The molecule has 0 aliphatic heterocycles. The molecule has 0 unspecified atom stereocenters. The zero-order chi connectivity index (χ0) is 17.5. The molecule has 5 nitrogen and oxygen atoms in total. The van der Waals surface area contributed by atoms with Gasteiger partial charge in [-0.1, -0.05) is 24.7 Å². The van der Waals surface area contributed by atoms with Gasteiger partial charge in [0.25, 0.3) is 0 Å². The van der Waals surface area contributed by atoms with Gasteiger partial charge in [-0.3, -0.25) is 9.59 Å². The lowest BCUT2D eigenvalue weighted by Crippen LogP contribution is -2.19. The number of rotatable bonds is 7. The van der Waals surface area contributed by atoms with E-state index in [9.17, 15) is 14.0 Å². The smallest absolute Gasteiger partial charge is 0.307 e. The van der Waals surface area contributed by atoms with Crippen LogP contribution in [0, 0.1) is 5.82 Å². The Morgan fingerprint density at radius 3 is 2.79 bits per heavy atom. The van der Waals surface area contributed by atoms with E-state index in [1.165, 1.54) is 23.5 Å². The van der Waals surface area contributed by atoms with Gasteiger partial charge in [0, 0.05) is 13.0 Å². The maximum atomic E-state index is 13.4. The maximum Gasteiger partial charge on any atom is 0.307 e. The number of benzene rings is 1. The van der Waals surface area contributed by atoms with E-state index >= 15 is 0 Å². The Kier molecular flexibility index (Phi) is 6.66. The summed E-state index contributed by atoms with van der Waals surface area (Å²) in [5.74, 6) is -0.853. The summed E-state index contributed by atoms with van der Waals surface area (Å²) in [6.07, 6.45) is 2.26. The molecule has 0 bridgehead atoms. The topological polar surface area (TPSA) is 60.7 Å². The minimum Gasteiger partial charge on any atom is -0.466 e. The molecule has 0 radical (unpaired) electrons. The Balaban J connectivity index is 2.37. The molecule has 0 fully saturated rings. The third kappa shape index (κ3) is 4.74. The van der Waals surface area contributed by atoms with Crippen LogP contribution in [0.15, 0.2) is 23.2 Å². The highest BCUT2D eigenvalue weighted by molar-refractivity contribution is 7.16. The van der Waals surface area contributed by atoms with Crippen molar-refractivity contribution in [3.63, 3.8) is 0 Å². The lowest BCUT2D eigenvalue weighted by molar-refractivity contribution is -0.143. The Bertz CT molecular complexity index is 795. The van der Waals surface area contributed by atoms with Crippen molar-refractivity contribution in [1.29, 1.82) is 0 Å². The first-order chi connectivity index (χ1) is 11.5. The van der Waals surface area contributed by atoms with Crippen LogP contribution in [0.5, 0.6) is 0 Å². The van der Waals surface area contributed by atoms with Crippen molar-refractivity contribution in [2.75, 3.05) is 6.61 Å². The van der Waals surface area contributed by atoms with Gasteiger partial charge in [0.1, 0.15) is 5.82 Å². The van der Waals surface area contributed by atoms with Gasteiger partial charge in [0.05, 0.1) is 23.2 Å². The van der Waals surface area contributed by atoms with Gasteiger partial charge in [-0.25, -0.2) is 4.39 Å². The molecule has 7 heteroatoms. The maximum absolute atomic E-state index is 13.4. The first kappa shape index (κ1) is 18.3. The number of unbranched alkanes of at least 4 members (excludes halogenated alkanes) is 1. The highest BCUT2D eigenvalue weighted by atomic mass is 32.1. The second-order valence-corrected chi connectivity index (χ2v) is 6.32. The van der Waals surface area contributed by atoms with E-state index in [4.69, 9.17) is 4.74 Å². The molecule has 24 heavy (non-hydrogen) atoms. The van der Waals surface area contributed by atoms with Crippen molar-refractivity contribution in [3.8, 4) is 0 Å². The second-order valence-electron chi connectivity index (χ2n) is 5.31. The van der Waals surface area contributed by atoms with Gasteiger partial charge in [0.2, 0.25) is 5.91 Å². The molecule has 1 amide bonds. The van der Waals surface area contributed by atoms with Crippen LogP contribution in [0.4, 0.5) is 4.39 Å². The minimum absolute atomic E-state index is 0.174. The number of aromatic nitrogens is 1. The molecule has 2 rings (SSSR count). The van der Waals surface area contributed by atoms with Crippen molar-refractivity contribution in [2.45, 2.75) is 46.1 Å². The normalized spacial score (nSPS) is 11.9. The molecule has 0 spiro atoms. The van der Waals surface area contributed by atoms with Gasteiger partial charge in [-0.15, -0.1) is 0 Å². The lowest BCUT2D eigenvalue weighted by atomic mass is 10.2. The number of halogens is 1. The van der Waals surface area contributed by atoms with E-state index < -0.39 is 0 Å². The molecule has 1 heterocycles. The van der Waals surface area contributed by atoms with Crippen molar-refractivity contribution in [2.24, 2.45) is 4.99 Å². The Hall–Kier alpha value is -2.02. The fourth-order valence-corrected chi connectivity index (χ4v) is 3.37. The standard InChI is InChI=1S/C17H21FN2O3S/c1-3-5-6-15(21)19-17-20(10-9-16(22)23-4-2)13-8-7-12(18)11-14(13)24-17/h7-8,11H,3-6,9-10H2,1-2H3. The molecular formula is C17H21FN2O3S. The number of nitrogens with zero attached hydrogens (tertiary/aromatic N) is 2. The van der Waals surface area contributed by atoms with Crippen LogP contribution >= 0.6 is 11.3 Å². The first-order valence-corrected chi connectivity index (χ1v) is 8.88. The monoisotopic (exact) mass is 352 g/mol. The quantitative estimate of drug-likeness (QED) is 0.718. The minimum atomic E-state index is -0.342. The summed E-state index contributed by atoms with van der Waals surface area (Å²) in [7, 11) is 0. The molecule has 1 aromatic carbocycles. The Morgan fingerprint density at radius 1 is 1.29 bits per heavy atom. The number of carbonyl (C=O) groups excluding carboxylic acids is 2. The van der Waals surface area contributed by atoms with Gasteiger partial charge >= 0.3 is 5.97 Å². The number of fused-ring (bicyclic) bond motifs is 1. The van der Waals surface area contributed by atoms with Crippen LogP contribution in [0.25, 0.3) is 10.2 Å². The predicted molar refractivity (Wildman–Crippen MR) is 91.1 cm³/mol. The van der Waals surface area contributed by atoms with Crippen LogP contribution in [0.1, 0.15) is 39.5 Å². The highest BCUT2D eigenvalue weighted by Crippen LogP contribution is 2.19. The fraction of sp³-hybridized carbons (Fsp3) is 0.471. The van der Waals surface area contributed by atoms with Crippen LogP contribution in [0.2, 0.25) is 0 Å². The summed E-state index contributed by atoms with van der Waals surface area (Å²) in [5, 5.41) is 0. The summed E-state index contributed by atoms with van der Waals surface area (Å²) in [4.78, 5) is 28.2. The number of carbonyl (C=O) groups is 2. The molecule has 130 valence electrons. The molecule has 2 aromatic rings. The SMILES string of the molecule is CCCCC(=O)N=c1sc2cc(F)ccc2n1CCC(=O)OCC. The molecule has 0 aliphatic carbocycles. The van der Waals surface area contributed by atoms with Gasteiger partial charge in [-0.05, 0) is 31.5 Å². The third-order valence-corrected chi connectivity index (χ3v) is 4.50. The summed E-state index contributed by atoms with van der Waals surface area (Å²) >= 11 is 1.25. The van der Waals surface area contributed by atoms with Gasteiger partial charge < -0.3 is 9.30 Å². The number of hydrogen-bond donors (Lipinski definition) is 0. The highest BCUT2D eigenvalue weighted by Gasteiger charge is 2.11. The van der Waals surface area contributed by atoms with Crippen LogP contribution in [0.3, 0.4) is 0 Å². The Labute approximate surface area is 143 Å². The Morgan fingerprint density at radius 2 is 2.08 bits per heavy atom. The molecule has 0 aliphatic rings. The average Bonchev–Trinajstić information content (AvgIpc) is 2.87. The number of amides is 1. The molecule has 0 N–H and O–H groups in total. The van der Waals surface area contributed by atoms with Crippen LogP contribution < -0.4 is 4.80 Å². The van der Waals surface area contributed by atoms with E-state index in [1.807, 2.05) is 6.92 Å². The van der Waals surface area contributed by atoms with Crippen LogP contribution in [-0.2, 0) is 20.9 Å². The molecule has 0 saturated heterocycles. The summed E-state index contributed by atoms with van der Waals surface area (Å²) < 4.78 is 20.9. The summed E-state index contributed by atoms with van der Waals surface area (Å²) in [6, 6.07) is 4.41. The van der Waals surface area contributed by atoms with Crippen molar-refractivity contribution in [1.82, 2.24) is 4.57 Å². The number of aryl methyl sites for hydroxylation is 1. The van der Waals surface area contributed by atoms with Gasteiger partial charge in [0.15, 0.2) is 4.80 Å². The third-order valence-electron chi connectivity index (χ3n) is 3.45. The second kappa shape index (κ2) is 8.73. The summed E-state index contributed by atoms with van der Waals surface area (Å²) in [5.41, 5.74) is 0.757. The molecule has 1 aromatic heterocycles. The van der Waals surface area contributed by atoms with E-state index in [0.29, 0.717) is 29.1 Å².